The van der Waals surface area contributed by atoms with Gasteiger partial charge in [-0.1, -0.05) is 12.1 Å². The van der Waals surface area contributed by atoms with E-state index in [-0.39, 0.29) is 5.91 Å². The van der Waals surface area contributed by atoms with Gasteiger partial charge in [-0.3, -0.25) is 4.79 Å². The third-order valence-corrected chi connectivity index (χ3v) is 3.99. The van der Waals surface area contributed by atoms with Crippen LogP contribution in [0.2, 0.25) is 0 Å². The number of hydrogen-bond acceptors (Lipinski definition) is 4. The van der Waals surface area contributed by atoms with Crippen LogP contribution in [0.5, 0.6) is 0 Å². The van der Waals surface area contributed by atoms with Crippen molar-refractivity contribution in [3.05, 3.63) is 35.7 Å². The van der Waals surface area contributed by atoms with Crippen molar-refractivity contribution < 1.29 is 9.32 Å². The molecule has 1 amide bonds. The van der Waals surface area contributed by atoms with Gasteiger partial charge in [0.25, 0.3) is 5.91 Å². The Morgan fingerprint density at radius 1 is 1.52 bits per heavy atom. The van der Waals surface area contributed by atoms with Crippen molar-refractivity contribution >= 4 is 5.91 Å². The van der Waals surface area contributed by atoms with Gasteiger partial charge in [0.1, 0.15) is 11.6 Å². The van der Waals surface area contributed by atoms with Gasteiger partial charge in [0.15, 0.2) is 5.69 Å². The predicted octanol–water partition coefficient (Wildman–Crippen LogP) is 2.22. The maximum atomic E-state index is 12.5. The second-order valence-corrected chi connectivity index (χ2v) is 5.47. The monoisotopic (exact) mass is 288 g/mol. The molecule has 21 heavy (non-hydrogen) atoms. The maximum Gasteiger partial charge on any atom is 0.276 e. The van der Waals surface area contributed by atoms with Crippen molar-refractivity contribution in [2.75, 3.05) is 13.1 Å². The molecule has 3 heterocycles. The van der Waals surface area contributed by atoms with Crippen LogP contribution in [-0.4, -0.2) is 38.6 Å². The molecule has 0 spiro atoms. The first-order chi connectivity index (χ1) is 10.2. The first-order valence-electron chi connectivity index (χ1n) is 7.43. The van der Waals surface area contributed by atoms with E-state index in [0.717, 1.165) is 31.6 Å². The molecule has 1 atom stereocenters. The van der Waals surface area contributed by atoms with Gasteiger partial charge in [0, 0.05) is 38.0 Å². The molecule has 0 N–H and O–H groups in total. The Morgan fingerprint density at radius 2 is 2.38 bits per heavy atom. The molecule has 2 aromatic rings. The zero-order valence-corrected chi connectivity index (χ0v) is 12.5. The highest BCUT2D eigenvalue weighted by Crippen LogP contribution is 2.24. The number of aryl methyl sites for hydroxylation is 2. The molecule has 1 aliphatic heterocycles. The van der Waals surface area contributed by atoms with E-state index in [2.05, 4.69) is 21.6 Å². The summed E-state index contributed by atoms with van der Waals surface area (Å²) in [7, 11) is 0. The lowest BCUT2D eigenvalue weighted by molar-refractivity contribution is 0.0667. The SMILES string of the molecule is CCc1nccn1C1CCCN(C(=O)c2cc(C)on2)C1. The van der Waals surface area contributed by atoms with E-state index in [4.69, 9.17) is 4.52 Å². The number of likely N-dealkylation sites (tertiary alicyclic amines) is 1. The molecule has 2 aromatic heterocycles. The minimum absolute atomic E-state index is 0.0466. The Balaban J connectivity index is 1.75. The summed E-state index contributed by atoms with van der Waals surface area (Å²) < 4.78 is 7.20. The van der Waals surface area contributed by atoms with Crippen LogP contribution in [0.4, 0.5) is 0 Å². The van der Waals surface area contributed by atoms with E-state index < -0.39 is 0 Å². The Kier molecular flexibility index (Phi) is 3.77. The van der Waals surface area contributed by atoms with Crippen molar-refractivity contribution in [1.82, 2.24) is 19.6 Å². The number of rotatable bonds is 3. The summed E-state index contributed by atoms with van der Waals surface area (Å²) in [6.07, 6.45) is 6.82. The van der Waals surface area contributed by atoms with Crippen LogP contribution in [0.15, 0.2) is 23.0 Å². The molecule has 112 valence electrons. The summed E-state index contributed by atoms with van der Waals surface area (Å²) in [5.74, 6) is 1.69. The summed E-state index contributed by atoms with van der Waals surface area (Å²) in [5.41, 5.74) is 0.398. The molecule has 1 fully saturated rings. The second-order valence-electron chi connectivity index (χ2n) is 5.47. The zero-order chi connectivity index (χ0) is 14.8. The van der Waals surface area contributed by atoms with Gasteiger partial charge in [-0.15, -0.1) is 0 Å². The number of piperidine rings is 1. The number of carbonyl (C=O) groups excluding carboxylic acids is 1. The van der Waals surface area contributed by atoms with Crippen molar-refractivity contribution in [2.24, 2.45) is 0 Å². The second kappa shape index (κ2) is 5.71. The lowest BCUT2D eigenvalue weighted by Gasteiger charge is -2.33. The molecule has 6 nitrogen and oxygen atoms in total. The zero-order valence-electron chi connectivity index (χ0n) is 12.5. The fraction of sp³-hybridized carbons (Fsp3) is 0.533. The van der Waals surface area contributed by atoms with Gasteiger partial charge in [0.2, 0.25) is 0 Å². The third-order valence-electron chi connectivity index (χ3n) is 3.99. The number of hydrogen-bond donors (Lipinski definition) is 0. The van der Waals surface area contributed by atoms with Gasteiger partial charge in [-0.05, 0) is 19.8 Å². The summed E-state index contributed by atoms with van der Waals surface area (Å²) in [6, 6.07) is 1.99. The first-order valence-corrected chi connectivity index (χ1v) is 7.43. The molecular formula is C15H20N4O2. The van der Waals surface area contributed by atoms with E-state index in [1.165, 1.54) is 0 Å². The van der Waals surface area contributed by atoms with Crippen LogP contribution >= 0.6 is 0 Å². The number of aromatic nitrogens is 3. The van der Waals surface area contributed by atoms with E-state index in [1.54, 1.807) is 13.0 Å². The first kappa shape index (κ1) is 13.9. The molecule has 1 unspecified atom stereocenters. The Morgan fingerprint density at radius 3 is 3.10 bits per heavy atom. The standard InChI is InChI=1S/C15H20N4O2/c1-3-14-16-6-8-19(14)12-5-4-7-18(10-12)15(20)13-9-11(2)21-17-13/h6,8-9,12H,3-5,7,10H2,1-2H3. The van der Waals surface area contributed by atoms with Gasteiger partial charge >= 0.3 is 0 Å². The number of amides is 1. The number of nitrogens with zero attached hydrogens (tertiary/aromatic N) is 4. The fourth-order valence-electron chi connectivity index (χ4n) is 2.95. The number of imidazole rings is 1. The summed E-state index contributed by atoms with van der Waals surface area (Å²) in [4.78, 5) is 18.7. The predicted molar refractivity (Wildman–Crippen MR) is 77.0 cm³/mol. The molecular weight excluding hydrogens is 268 g/mol. The van der Waals surface area contributed by atoms with Crippen LogP contribution in [0.25, 0.3) is 0 Å². The molecule has 0 bridgehead atoms. The number of carbonyl (C=O) groups is 1. The van der Waals surface area contributed by atoms with E-state index in [0.29, 0.717) is 24.0 Å². The molecule has 3 rings (SSSR count). The molecule has 0 aromatic carbocycles. The third kappa shape index (κ3) is 2.70. The quantitative estimate of drug-likeness (QED) is 0.868. The summed E-state index contributed by atoms with van der Waals surface area (Å²) in [6.45, 7) is 5.37. The lowest BCUT2D eigenvalue weighted by Crippen LogP contribution is -2.41. The van der Waals surface area contributed by atoms with E-state index in [1.807, 2.05) is 17.3 Å². The Hall–Kier alpha value is -2.11. The molecule has 6 heteroatoms. The topological polar surface area (TPSA) is 64.2 Å². The van der Waals surface area contributed by atoms with Crippen molar-refractivity contribution in [1.29, 1.82) is 0 Å². The van der Waals surface area contributed by atoms with Crippen molar-refractivity contribution in [3.63, 3.8) is 0 Å². The average molecular weight is 288 g/mol. The summed E-state index contributed by atoms with van der Waals surface area (Å²) >= 11 is 0. The molecule has 0 radical (unpaired) electrons. The van der Waals surface area contributed by atoms with Crippen molar-refractivity contribution in [2.45, 2.75) is 39.2 Å². The maximum absolute atomic E-state index is 12.5. The van der Waals surface area contributed by atoms with Gasteiger partial charge in [-0.2, -0.15) is 0 Å². The van der Waals surface area contributed by atoms with E-state index >= 15 is 0 Å². The Labute approximate surface area is 123 Å². The highest BCUT2D eigenvalue weighted by atomic mass is 16.5. The van der Waals surface area contributed by atoms with Gasteiger partial charge in [0.05, 0.1) is 6.04 Å². The molecule has 1 saturated heterocycles. The average Bonchev–Trinajstić information content (AvgIpc) is 3.15. The van der Waals surface area contributed by atoms with Crippen LogP contribution < -0.4 is 0 Å². The molecule has 0 aliphatic carbocycles. The fourth-order valence-corrected chi connectivity index (χ4v) is 2.95. The van der Waals surface area contributed by atoms with Gasteiger partial charge < -0.3 is 14.0 Å². The highest BCUT2D eigenvalue weighted by Gasteiger charge is 2.27. The smallest absolute Gasteiger partial charge is 0.276 e. The van der Waals surface area contributed by atoms with Crippen LogP contribution in [0.3, 0.4) is 0 Å². The Bertz CT molecular complexity index is 631. The van der Waals surface area contributed by atoms with E-state index in [9.17, 15) is 4.79 Å². The van der Waals surface area contributed by atoms with Gasteiger partial charge in [-0.25, -0.2) is 4.98 Å². The van der Waals surface area contributed by atoms with Crippen LogP contribution in [0.1, 0.15) is 47.9 Å². The highest BCUT2D eigenvalue weighted by molar-refractivity contribution is 5.92. The molecule has 1 aliphatic rings. The molecule has 0 saturated carbocycles. The minimum atomic E-state index is -0.0466. The lowest BCUT2D eigenvalue weighted by atomic mass is 10.0. The van der Waals surface area contributed by atoms with Crippen molar-refractivity contribution in [3.8, 4) is 0 Å². The van der Waals surface area contributed by atoms with Crippen LogP contribution in [0, 0.1) is 6.92 Å². The normalized spacial score (nSPS) is 19.0. The summed E-state index contributed by atoms with van der Waals surface area (Å²) in [5, 5.41) is 3.83. The largest absolute Gasteiger partial charge is 0.361 e. The minimum Gasteiger partial charge on any atom is -0.361 e. The van der Waals surface area contributed by atoms with Crippen LogP contribution in [-0.2, 0) is 6.42 Å².